The van der Waals surface area contributed by atoms with Gasteiger partial charge in [-0.15, -0.1) is 0 Å². The molecule has 1 atom stereocenters. The normalized spacial score (nSPS) is 11.9. The molecule has 0 aliphatic rings. The molecule has 1 aromatic rings. The van der Waals surface area contributed by atoms with Crippen molar-refractivity contribution in [1.82, 2.24) is 5.32 Å². The van der Waals surface area contributed by atoms with Gasteiger partial charge in [0, 0.05) is 6.54 Å². The Morgan fingerprint density at radius 1 is 1.33 bits per heavy atom. The second-order valence-electron chi connectivity index (χ2n) is 3.56. The maximum Gasteiger partial charge on any atom is 0.325 e. The first-order chi connectivity index (χ1) is 8.63. The van der Waals surface area contributed by atoms with E-state index in [1.165, 1.54) is 14.2 Å². The van der Waals surface area contributed by atoms with Crippen molar-refractivity contribution in [2.75, 3.05) is 27.4 Å². The summed E-state index contributed by atoms with van der Waals surface area (Å²) < 4.78 is 10.2. The predicted octanol–water partition coefficient (Wildman–Crippen LogP) is 0.411. The van der Waals surface area contributed by atoms with Crippen LogP contribution in [0.4, 0.5) is 0 Å². The zero-order valence-corrected chi connectivity index (χ0v) is 10.3. The van der Waals surface area contributed by atoms with E-state index in [0.717, 1.165) is 0 Å². The summed E-state index contributed by atoms with van der Waals surface area (Å²) in [7, 11) is 2.99. The minimum Gasteiger partial charge on any atom is -0.493 e. The minimum atomic E-state index is -1.02. The number of ether oxygens (including phenoxy) is 2. The molecule has 0 spiro atoms. The first-order valence-electron chi connectivity index (χ1n) is 5.43. The Labute approximate surface area is 105 Å². The van der Waals surface area contributed by atoms with Gasteiger partial charge in [0.05, 0.1) is 20.8 Å². The molecule has 0 aliphatic carbocycles. The van der Waals surface area contributed by atoms with E-state index in [-0.39, 0.29) is 13.2 Å². The lowest BCUT2D eigenvalue weighted by atomic mass is 10.1. The van der Waals surface area contributed by atoms with Gasteiger partial charge in [-0.2, -0.15) is 0 Å². The number of benzene rings is 1. The molecule has 3 N–H and O–H groups in total. The van der Waals surface area contributed by atoms with Crippen LogP contribution in [0.15, 0.2) is 18.2 Å². The van der Waals surface area contributed by atoms with Gasteiger partial charge in [0.15, 0.2) is 11.5 Å². The summed E-state index contributed by atoms with van der Waals surface area (Å²) in [5, 5.41) is 20.6. The van der Waals surface area contributed by atoms with Crippen LogP contribution in [0.1, 0.15) is 11.6 Å². The van der Waals surface area contributed by atoms with Gasteiger partial charge in [0.2, 0.25) is 0 Å². The molecule has 6 nitrogen and oxygen atoms in total. The van der Waals surface area contributed by atoms with Crippen molar-refractivity contribution in [3.8, 4) is 11.5 Å². The van der Waals surface area contributed by atoms with Crippen LogP contribution in [0.2, 0.25) is 0 Å². The van der Waals surface area contributed by atoms with Crippen LogP contribution < -0.4 is 14.8 Å². The van der Waals surface area contributed by atoms with Gasteiger partial charge >= 0.3 is 5.97 Å². The van der Waals surface area contributed by atoms with Crippen molar-refractivity contribution >= 4 is 5.97 Å². The van der Waals surface area contributed by atoms with E-state index in [9.17, 15) is 4.79 Å². The zero-order chi connectivity index (χ0) is 13.5. The molecule has 0 aliphatic heterocycles. The second kappa shape index (κ2) is 6.83. The molecule has 100 valence electrons. The zero-order valence-electron chi connectivity index (χ0n) is 10.3. The molecule has 0 saturated carbocycles. The number of rotatable bonds is 7. The molecule has 0 fully saturated rings. The molecular formula is C12H17NO5. The Morgan fingerprint density at radius 3 is 2.50 bits per heavy atom. The lowest BCUT2D eigenvalue weighted by Gasteiger charge is -2.16. The van der Waals surface area contributed by atoms with Gasteiger partial charge < -0.3 is 19.7 Å². The summed E-state index contributed by atoms with van der Waals surface area (Å²) in [5.41, 5.74) is 0.536. The van der Waals surface area contributed by atoms with Crippen molar-refractivity contribution in [1.29, 1.82) is 0 Å². The van der Waals surface area contributed by atoms with Gasteiger partial charge in [-0.1, -0.05) is 6.07 Å². The fraction of sp³-hybridized carbons (Fsp3) is 0.417. The van der Waals surface area contributed by atoms with Gasteiger partial charge in [0.1, 0.15) is 6.04 Å². The van der Waals surface area contributed by atoms with E-state index < -0.39 is 12.0 Å². The van der Waals surface area contributed by atoms with Crippen LogP contribution >= 0.6 is 0 Å². The molecule has 1 rings (SSSR count). The lowest BCUT2D eigenvalue weighted by Crippen LogP contribution is -2.30. The Balaban J connectivity index is 3.01. The van der Waals surface area contributed by atoms with E-state index in [1.807, 2.05) is 0 Å². The van der Waals surface area contributed by atoms with Gasteiger partial charge in [-0.3, -0.25) is 10.1 Å². The minimum absolute atomic E-state index is 0.128. The van der Waals surface area contributed by atoms with Crippen LogP contribution in [0.25, 0.3) is 0 Å². The highest BCUT2D eigenvalue weighted by atomic mass is 16.5. The highest BCUT2D eigenvalue weighted by Crippen LogP contribution is 2.29. The van der Waals surface area contributed by atoms with Crippen molar-refractivity contribution in [2.45, 2.75) is 6.04 Å². The fourth-order valence-electron chi connectivity index (χ4n) is 1.59. The SMILES string of the molecule is COc1ccc(C(NCCO)C(=O)O)cc1OC. The van der Waals surface area contributed by atoms with E-state index in [4.69, 9.17) is 19.7 Å². The Bertz CT molecular complexity index is 407. The molecule has 0 bridgehead atoms. The average molecular weight is 255 g/mol. The molecule has 18 heavy (non-hydrogen) atoms. The standard InChI is InChI=1S/C12H17NO5/c1-17-9-4-3-8(7-10(9)18-2)11(12(15)16)13-5-6-14/h3-4,7,11,13-14H,5-6H2,1-2H3,(H,15,16). The third-order valence-corrected chi connectivity index (χ3v) is 2.45. The Hall–Kier alpha value is -1.79. The summed E-state index contributed by atoms with van der Waals surface area (Å²) in [6.45, 7) is 0.0718. The van der Waals surface area contributed by atoms with Crippen LogP contribution in [-0.2, 0) is 4.79 Å². The summed E-state index contributed by atoms with van der Waals surface area (Å²) in [4.78, 5) is 11.1. The molecule has 0 amide bonds. The maximum absolute atomic E-state index is 11.1. The van der Waals surface area contributed by atoms with Crippen LogP contribution in [0.5, 0.6) is 11.5 Å². The number of aliphatic carboxylic acids is 1. The first-order valence-corrected chi connectivity index (χ1v) is 5.43. The van der Waals surface area contributed by atoms with E-state index in [2.05, 4.69) is 5.32 Å². The molecular weight excluding hydrogens is 238 g/mol. The van der Waals surface area contributed by atoms with Crippen molar-refractivity contribution in [2.24, 2.45) is 0 Å². The number of hydrogen-bond acceptors (Lipinski definition) is 5. The summed E-state index contributed by atoms with van der Waals surface area (Å²) >= 11 is 0. The van der Waals surface area contributed by atoms with Crippen molar-refractivity contribution < 1.29 is 24.5 Å². The quantitative estimate of drug-likeness (QED) is 0.654. The molecule has 0 heterocycles. The number of hydrogen-bond donors (Lipinski definition) is 3. The van der Waals surface area contributed by atoms with Gasteiger partial charge in [0.25, 0.3) is 0 Å². The number of aliphatic hydroxyl groups excluding tert-OH is 1. The average Bonchev–Trinajstić information content (AvgIpc) is 2.38. The number of carbonyl (C=O) groups is 1. The van der Waals surface area contributed by atoms with E-state index >= 15 is 0 Å². The first kappa shape index (κ1) is 14.3. The highest BCUT2D eigenvalue weighted by molar-refractivity contribution is 5.76. The number of carboxylic acid groups (broad SMARTS) is 1. The third kappa shape index (κ3) is 3.35. The number of carboxylic acids is 1. The van der Waals surface area contributed by atoms with Gasteiger partial charge in [-0.25, -0.2) is 0 Å². The largest absolute Gasteiger partial charge is 0.493 e. The van der Waals surface area contributed by atoms with Crippen molar-refractivity contribution in [3.05, 3.63) is 23.8 Å². The molecule has 0 aromatic heterocycles. The van der Waals surface area contributed by atoms with E-state index in [0.29, 0.717) is 17.1 Å². The molecule has 1 aromatic carbocycles. The third-order valence-electron chi connectivity index (χ3n) is 2.45. The number of aliphatic hydroxyl groups is 1. The maximum atomic E-state index is 11.1. The molecule has 1 unspecified atom stereocenters. The van der Waals surface area contributed by atoms with E-state index in [1.54, 1.807) is 18.2 Å². The van der Waals surface area contributed by atoms with Crippen molar-refractivity contribution in [3.63, 3.8) is 0 Å². The topological polar surface area (TPSA) is 88.0 Å². The van der Waals surface area contributed by atoms with Crippen LogP contribution in [0, 0.1) is 0 Å². The molecule has 0 radical (unpaired) electrons. The Kier molecular flexibility index (Phi) is 5.41. The second-order valence-corrected chi connectivity index (χ2v) is 3.56. The summed E-state index contributed by atoms with van der Waals surface area (Å²) in [6.07, 6.45) is 0. The Morgan fingerprint density at radius 2 is 2.00 bits per heavy atom. The molecule has 0 saturated heterocycles. The summed E-state index contributed by atoms with van der Waals surface area (Å²) in [6, 6.07) is 3.99. The smallest absolute Gasteiger partial charge is 0.325 e. The predicted molar refractivity (Wildman–Crippen MR) is 65.0 cm³/mol. The number of nitrogens with one attached hydrogen (secondary N) is 1. The monoisotopic (exact) mass is 255 g/mol. The summed E-state index contributed by atoms with van der Waals surface area (Å²) in [5.74, 6) is -0.0183. The van der Waals surface area contributed by atoms with Gasteiger partial charge in [-0.05, 0) is 17.7 Å². The van der Waals surface area contributed by atoms with Crippen LogP contribution in [-0.4, -0.2) is 43.6 Å². The fourth-order valence-corrected chi connectivity index (χ4v) is 1.59. The number of methoxy groups -OCH3 is 2. The molecule has 6 heteroatoms. The van der Waals surface area contributed by atoms with Crippen LogP contribution in [0.3, 0.4) is 0 Å². The lowest BCUT2D eigenvalue weighted by molar-refractivity contribution is -0.139. The highest BCUT2D eigenvalue weighted by Gasteiger charge is 2.20.